The first-order valence-electron chi connectivity index (χ1n) is 7.74. The number of carbonyl (C=O) groups is 2. The van der Waals surface area contributed by atoms with Crippen molar-refractivity contribution >= 4 is 21.9 Å². The van der Waals surface area contributed by atoms with Crippen molar-refractivity contribution in [1.82, 2.24) is 9.62 Å². The zero-order chi connectivity index (χ0) is 16.8. The average Bonchev–Trinajstić information content (AvgIpc) is 2.41. The van der Waals surface area contributed by atoms with E-state index in [1.807, 2.05) is 0 Å². The predicted molar refractivity (Wildman–Crippen MR) is 82.8 cm³/mol. The third-order valence-corrected chi connectivity index (χ3v) is 5.94. The van der Waals surface area contributed by atoms with Crippen LogP contribution in [-0.4, -0.2) is 55.1 Å². The number of hydrogen-bond acceptors (Lipinski definition) is 4. The van der Waals surface area contributed by atoms with Crippen LogP contribution in [0.3, 0.4) is 0 Å². The molecule has 0 radical (unpaired) electrons. The van der Waals surface area contributed by atoms with Gasteiger partial charge in [-0.2, -0.15) is 4.31 Å². The van der Waals surface area contributed by atoms with Crippen molar-refractivity contribution in [2.24, 2.45) is 5.92 Å². The second-order valence-electron chi connectivity index (χ2n) is 5.77. The normalized spacial score (nSPS) is 23.6. The number of rotatable bonds is 6. The number of likely N-dealkylation sites (N-methyl/N-ethyl adjacent to an activating group) is 1. The first-order chi connectivity index (χ1) is 10.3. The predicted octanol–water partition coefficient (Wildman–Crippen LogP) is 0.808. The van der Waals surface area contributed by atoms with E-state index >= 15 is 0 Å². The van der Waals surface area contributed by atoms with Gasteiger partial charge in [0.05, 0.1) is 18.2 Å². The smallest absolute Gasteiger partial charge is 0.308 e. The number of nitrogens with one attached hydrogen (secondary N) is 1. The zero-order valence-electron chi connectivity index (χ0n) is 13.2. The van der Waals surface area contributed by atoms with Crippen molar-refractivity contribution in [3.05, 3.63) is 0 Å². The molecule has 1 aliphatic carbocycles. The van der Waals surface area contributed by atoms with Crippen molar-refractivity contribution in [3.8, 4) is 0 Å². The van der Waals surface area contributed by atoms with Crippen LogP contribution in [0.2, 0.25) is 0 Å². The van der Waals surface area contributed by atoms with Gasteiger partial charge in [-0.15, -0.1) is 0 Å². The molecule has 1 saturated carbocycles. The van der Waals surface area contributed by atoms with Crippen molar-refractivity contribution in [1.29, 1.82) is 0 Å². The van der Waals surface area contributed by atoms with Crippen LogP contribution in [0.4, 0.5) is 0 Å². The number of aliphatic carboxylic acids is 1. The van der Waals surface area contributed by atoms with Gasteiger partial charge in [0.2, 0.25) is 15.9 Å². The van der Waals surface area contributed by atoms with E-state index in [1.165, 1.54) is 14.0 Å². The summed E-state index contributed by atoms with van der Waals surface area (Å²) in [5.41, 5.74) is 0. The van der Waals surface area contributed by atoms with Gasteiger partial charge in [-0.25, -0.2) is 8.42 Å². The lowest BCUT2D eigenvalue weighted by molar-refractivity contribution is -0.143. The van der Waals surface area contributed by atoms with Crippen LogP contribution in [-0.2, 0) is 19.6 Å². The van der Waals surface area contributed by atoms with Gasteiger partial charge < -0.3 is 10.4 Å². The van der Waals surface area contributed by atoms with E-state index in [9.17, 15) is 23.1 Å². The van der Waals surface area contributed by atoms with Crippen LogP contribution in [0.25, 0.3) is 0 Å². The highest BCUT2D eigenvalue weighted by Gasteiger charge is 2.30. The first-order valence-corrected chi connectivity index (χ1v) is 9.35. The van der Waals surface area contributed by atoms with E-state index in [0.29, 0.717) is 12.8 Å². The largest absolute Gasteiger partial charge is 0.481 e. The van der Waals surface area contributed by atoms with Gasteiger partial charge in [-0.3, -0.25) is 9.59 Å². The minimum atomic E-state index is -3.42. The summed E-state index contributed by atoms with van der Waals surface area (Å²) in [5.74, 6) is -2.02. The fourth-order valence-electron chi connectivity index (χ4n) is 2.73. The fourth-order valence-corrected chi connectivity index (χ4v) is 3.48. The molecular formula is C14H26N2O5S. The molecule has 2 N–H and O–H groups in total. The molecule has 0 aromatic carbocycles. The maximum absolute atomic E-state index is 12.0. The van der Waals surface area contributed by atoms with E-state index in [1.54, 1.807) is 0 Å². The highest BCUT2D eigenvalue weighted by atomic mass is 32.2. The highest BCUT2D eigenvalue weighted by Crippen LogP contribution is 2.23. The Balaban J connectivity index is 2.67. The molecule has 0 aromatic rings. The van der Waals surface area contributed by atoms with Crippen LogP contribution in [0.1, 0.15) is 45.4 Å². The molecule has 1 aliphatic rings. The standard InChI is InChI=1S/C14H26N2O5S/c1-3-22(20,21)16(2)10-13(17)15-12-9-7-5-4-6-8-11(12)14(18)19/h11-12H,3-10H2,1-2H3,(H,15,17)(H,18,19). The summed E-state index contributed by atoms with van der Waals surface area (Å²) in [4.78, 5) is 23.4. The van der Waals surface area contributed by atoms with E-state index in [2.05, 4.69) is 5.32 Å². The van der Waals surface area contributed by atoms with E-state index < -0.39 is 33.9 Å². The molecule has 2 atom stereocenters. The molecule has 1 rings (SSSR count). The Bertz CT molecular complexity index is 491. The molecule has 0 spiro atoms. The van der Waals surface area contributed by atoms with Gasteiger partial charge in [0.1, 0.15) is 0 Å². The minimum Gasteiger partial charge on any atom is -0.481 e. The number of carbonyl (C=O) groups excluding carboxylic acids is 1. The number of hydrogen-bond donors (Lipinski definition) is 2. The third kappa shape index (κ3) is 5.57. The second-order valence-corrected chi connectivity index (χ2v) is 8.13. The molecule has 1 amide bonds. The maximum atomic E-state index is 12.0. The second kappa shape index (κ2) is 8.47. The van der Waals surface area contributed by atoms with Crippen molar-refractivity contribution in [2.45, 2.75) is 51.5 Å². The number of nitrogens with zero attached hydrogens (tertiary/aromatic N) is 1. The molecule has 0 aliphatic heterocycles. The Hall–Kier alpha value is -1.15. The third-order valence-electron chi connectivity index (χ3n) is 4.14. The zero-order valence-corrected chi connectivity index (χ0v) is 14.1. The van der Waals surface area contributed by atoms with Gasteiger partial charge in [-0.1, -0.05) is 25.7 Å². The Morgan fingerprint density at radius 2 is 1.77 bits per heavy atom. The first kappa shape index (κ1) is 18.9. The van der Waals surface area contributed by atoms with Gasteiger partial charge >= 0.3 is 5.97 Å². The Morgan fingerprint density at radius 3 is 2.32 bits per heavy atom. The summed E-state index contributed by atoms with van der Waals surface area (Å²) in [6.07, 6.45) is 4.92. The molecule has 22 heavy (non-hydrogen) atoms. The molecule has 0 saturated heterocycles. The summed E-state index contributed by atoms with van der Waals surface area (Å²) < 4.78 is 24.3. The fraction of sp³-hybridized carbons (Fsp3) is 0.857. The topological polar surface area (TPSA) is 104 Å². The van der Waals surface area contributed by atoms with Gasteiger partial charge in [0.25, 0.3) is 0 Å². The Kier molecular flexibility index (Phi) is 7.28. The van der Waals surface area contributed by atoms with Crippen LogP contribution in [0, 0.1) is 5.92 Å². The van der Waals surface area contributed by atoms with Gasteiger partial charge in [0.15, 0.2) is 0 Å². The van der Waals surface area contributed by atoms with Crippen LogP contribution in [0.5, 0.6) is 0 Å². The highest BCUT2D eigenvalue weighted by molar-refractivity contribution is 7.89. The van der Waals surface area contributed by atoms with Crippen LogP contribution >= 0.6 is 0 Å². The number of carboxylic acids is 1. The molecule has 1 fully saturated rings. The van der Waals surface area contributed by atoms with E-state index in [-0.39, 0.29) is 12.3 Å². The molecule has 0 heterocycles. The Labute approximate surface area is 132 Å². The van der Waals surface area contributed by atoms with Gasteiger partial charge in [0, 0.05) is 13.1 Å². The number of carboxylic acid groups (broad SMARTS) is 1. The maximum Gasteiger partial charge on any atom is 0.308 e. The molecule has 128 valence electrons. The van der Waals surface area contributed by atoms with Crippen LogP contribution in [0.15, 0.2) is 0 Å². The monoisotopic (exact) mass is 334 g/mol. The van der Waals surface area contributed by atoms with Crippen molar-refractivity contribution in [2.75, 3.05) is 19.3 Å². The lowest BCUT2D eigenvalue weighted by Crippen LogP contribution is -2.47. The lowest BCUT2D eigenvalue weighted by Gasteiger charge is -2.28. The summed E-state index contributed by atoms with van der Waals surface area (Å²) in [5, 5.41) is 12.0. The SMILES string of the molecule is CCS(=O)(=O)N(C)CC(=O)NC1CCCCCCC1C(=O)O. The van der Waals surface area contributed by atoms with Crippen molar-refractivity contribution < 1.29 is 23.1 Å². The van der Waals surface area contributed by atoms with Gasteiger partial charge in [-0.05, 0) is 19.8 Å². The van der Waals surface area contributed by atoms with E-state index in [0.717, 1.165) is 30.0 Å². The Morgan fingerprint density at radius 1 is 1.18 bits per heavy atom. The summed E-state index contributed by atoms with van der Waals surface area (Å²) in [6.45, 7) is 1.23. The average molecular weight is 334 g/mol. The number of sulfonamides is 1. The van der Waals surface area contributed by atoms with Crippen LogP contribution < -0.4 is 5.32 Å². The molecule has 8 heteroatoms. The molecule has 7 nitrogen and oxygen atoms in total. The molecule has 0 aromatic heterocycles. The quantitative estimate of drug-likeness (QED) is 0.748. The minimum absolute atomic E-state index is 0.0715. The summed E-state index contributed by atoms with van der Waals surface area (Å²) in [6, 6.07) is -0.428. The molecule has 2 unspecified atom stereocenters. The molecular weight excluding hydrogens is 308 g/mol. The molecule has 0 bridgehead atoms. The number of amides is 1. The van der Waals surface area contributed by atoms with Crippen molar-refractivity contribution in [3.63, 3.8) is 0 Å². The lowest BCUT2D eigenvalue weighted by atomic mass is 9.87. The summed E-state index contributed by atoms with van der Waals surface area (Å²) >= 11 is 0. The summed E-state index contributed by atoms with van der Waals surface area (Å²) in [7, 11) is -2.07. The van der Waals surface area contributed by atoms with E-state index in [4.69, 9.17) is 0 Å².